The smallest absolute Gasteiger partial charge is 0.311 e. The van der Waals surface area contributed by atoms with E-state index in [-0.39, 0.29) is 23.7 Å². The Morgan fingerprint density at radius 2 is 1.90 bits per heavy atom. The molecule has 29 heavy (non-hydrogen) atoms. The number of H-pyrrole nitrogens is 1. The first-order valence-electron chi connectivity index (χ1n) is 9.21. The van der Waals surface area contributed by atoms with Gasteiger partial charge >= 0.3 is 5.97 Å². The van der Waals surface area contributed by atoms with Crippen LogP contribution < -0.4 is 0 Å². The lowest BCUT2D eigenvalue weighted by atomic mass is 10.0. The minimum Gasteiger partial charge on any atom is -0.454 e. The average molecular weight is 397 g/mol. The molecule has 3 heterocycles. The van der Waals surface area contributed by atoms with Crippen molar-refractivity contribution in [3.63, 3.8) is 0 Å². The second kappa shape index (κ2) is 7.57. The average Bonchev–Trinajstić information content (AvgIpc) is 3.21. The van der Waals surface area contributed by atoms with Crippen molar-refractivity contribution in [2.24, 2.45) is 0 Å². The summed E-state index contributed by atoms with van der Waals surface area (Å²) >= 11 is 0. The van der Waals surface area contributed by atoms with E-state index in [9.17, 15) is 14.4 Å². The second-order valence-corrected chi connectivity index (χ2v) is 7.09. The highest BCUT2D eigenvalue weighted by molar-refractivity contribution is 6.05. The number of carbonyl (C=O) groups excluding carboxylic acids is 3. The molecule has 0 amide bonds. The van der Waals surface area contributed by atoms with Crippen molar-refractivity contribution in [1.82, 2.24) is 24.6 Å². The molecular weight excluding hydrogens is 374 g/mol. The number of hydrogen-bond acceptors (Lipinski definition) is 7. The van der Waals surface area contributed by atoms with Gasteiger partial charge in [0.25, 0.3) is 5.78 Å². The van der Waals surface area contributed by atoms with Crippen molar-refractivity contribution < 1.29 is 19.1 Å². The van der Waals surface area contributed by atoms with E-state index < -0.39 is 12.1 Å². The summed E-state index contributed by atoms with van der Waals surface area (Å²) in [5, 5.41) is 4.10. The Labute approximate surface area is 167 Å². The van der Waals surface area contributed by atoms with E-state index >= 15 is 0 Å². The summed E-state index contributed by atoms with van der Waals surface area (Å²) < 4.78 is 6.93. The number of nitrogens with zero attached hydrogens (tertiary/aromatic N) is 4. The van der Waals surface area contributed by atoms with Gasteiger partial charge in [0.15, 0.2) is 11.9 Å². The molecule has 0 bridgehead atoms. The van der Waals surface area contributed by atoms with Crippen LogP contribution in [-0.2, 0) is 16.0 Å². The summed E-state index contributed by atoms with van der Waals surface area (Å²) in [5.41, 5.74) is 4.03. The van der Waals surface area contributed by atoms with E-state index in [4.69, 9.17) is 4.74 Å². The number of hydrogen-bond donors (Lipinski definition) is 1. The zero-order valence-corrected chi connectivity index (χ0v) is 17.3. The van der Waals surface area contributed by atoms with Gasteiger partial charge in [-0.3, -0.25) is 14.4 Å². The van der Waals surface area contributed by atoms with Gasteiger partial charge < -0.3 is 9.72 Å². The first-order valence-corrected chi connectivity index (χ1v) is 9.21. The Hall–Kier alpha value is -3.36. The highest BCUT2D eigenvalue weighted by atomic mass is 16.5. The summed E-state index contributed by atoms with van der Waals surface area (Å²) in [7, 11) is 0. The van der Waals surface area contributed by atoms with Crippen LogP contribution in [0.15, 0.2) is 6.33 Å². The number of nitrogens with one attached hydrogen (secondary N) is 1. The molecule has 0 saturated heterocycles. The minimum atomic E-state index is -0.997. The van der Waals surface area contributed by atoms with E-state index in [0.29, 0.717) is 33.9 Å². The lowest BCUT2D eigenvalue weighted by Crippen LogP contribution is -2.26. The van der Waals surface area contributed by atoms with Crippen molar-refractivity contribution in [2.45, 2.75) is 54.1 Å². The van der Waals surface area contributed by atoms with E-state index in [1.807, 2.05) is 6.92 Å². The lowest BCUT2D eigenvalue weighted by molar-refractivity contribution is -0.145. The van der Waals surface area contributed by atoms with Crippen LogP contribution in [0.4, 0.5) is 0 Å². The number of carbonyl (C=O) groups is 3. The zero-order chi connectivity index (χ0) is 21.5. The standard InChI is InChI=1S/C20H23N5O4/c1-9-17(13(5)26)11(3)23-18(9)19(28)14(6)29-16(27)7-15-10(2)24-20-21-8-22-25(20)12(15)4/h8,14,23H,7H2,1-6H3/t14-/m0/s1. The summed E-state index contributed by atoms with van der Waals surface area (Å²) in [4.78, 5) is 48.3. The molecule has 9 nitrogen and oxygen atoms in total. The van der Waals surface area contributed by atoms with E-state index in [0.717, 1.165) is 5.69 Å². The van der Waals surface area contributed by atoms with E-state index in [1.54, 1.807) is 25.3 Å². The molecule has 1 atom stereocenters. The fourth-order valence-electron chi connectivity index (χ4n) is 3.58. The van der Waals surface area contributed by atoms with Gasteiger partial charge in [0.2, 0.25) is 5.78 Å². The van der Waals surface area contributed by atoms with Crippen LogP contribution in [0, 0.1) is 27.7 Å². The SMILES string of the molecule is CC(=O)c1c(C)[nH]c(C(=O)[C@H](C)OC(=O)Cc2c(C)nc3ncnn3c2C)c1C. The topological polar surface area (TPSA) is 119 Å². The fourth-order valence-corrected chi connectivity index (χ4v) is 3.58. The summed E-state index contributed by atoms with van der Waals surface area (Å²) in [6, 6.07) is 0. The molecule has 0 saturated carbocycles. The Balaban J connectivity index is 1.77. The van der Waals surface area contributed by atoms with Gasteiger partial charge in [0.05, 0.1) is 12.1 Å². The quantitative estimate of drug-likeness (QED) is 0.500. The van der Waals surface area contributed by atoms with Crippen LogP contribution in [0.5, 0.6) is 0 Å². The maximum Gasteiger partial charge on any atom is 0.311 e. The second-order valence-electron chi connectivity index (χ2n) is 7.09. The predicted octanol–water partition coefficient (Wildman–Crippen LogP) is 2.25. The van der Waals surface area contributed by atoms with Crippen LogP contribution in [0.2, 0.25) is 0 Å². The summed E-state index contributed by atoms with van der Waals surface area (Å²) in [6.45, 7) is 10.0. The molecule has 0 fully saturated rings. The lowest BCUT2D eigenvalue weighted by Gasteiger charge is -2.14. The van der Waals surface area contributed by atoms with Crippen molar-refractivity contribution >= 4 is 23.3 Å². The van der Waals surface area contributed by atoms with Gasteiger partial charge in [0, 0.05) is 28.2 Å². The van der Waals surface area contributed by atoms with Crippen LogP contribution in [0.3, 0.4) is 0 Å². The zero-order valence-electron chi connectivity index (χ0n) is 17.3. The molecule has 0 unspecified atom stereocenters. The Bertz CT molecular complexity index is 1140. The van der Waals surface area contributed by atoms with Crippen molar-refractivity contribution in [1.29, 1.82) is 0 Å². The molecule has 3 aromatic heterocycles. The molecule has 3 rings (SSSR count). The summed E-state index contributed by atoms with van der Waals surface area (Å²) in [6.07, 6.45) is 0.357. The molecule has 9 heteroatoms. The normalized spacial score (nSPS) is 12.2. The number of rotatable bonds is 6. The first-order chi connectivity index (χ1) is 13.6. The molecular formula is C20H23N5O4. The number of aryl methyl sites for hydroxylation is 3. The molecule has 0 radical (unpaired) electrons. The van der Waals surface area contributed by atoms with Crippen LogP contribution in [0.1, 0.15) is 62.9 Å². The van der Waals surface area contributed by atoms with Gasteiger partial charge in [-0.2, -0.15) is 10.1 Å². The van der Waals surface area contributed by atoms with Gasteiger partial charge in [-0.25, -0.2) is 9.50 Å². The maximum atomic E-state index is 12.8. The predicted molar refractivity (Wildman–Crippen MR) is 104 cm³/mol. The van der Waals surface area contributed by atoms with Gasteiger partial charge in [0.1, 0.15) is 6.33 Å². The first kappa shape index (κ1) is 20.4. The number of aromatic nitrogens is 5. The Morgan fingerprint density at radius 1 is 1.21 bits per heavy atom. The van der Waals surface area contributed by atoms with Gasteiger partial charge in [-0.05, 0) is 47.1 Å². The number of fused-ring (bicyclic) bond motifs is 1. The van der Waals surface area contributed by atoms with Crippen LogP contribution in [0.25, 0.3) is 5.78 Å². The number of esters is 1. The molecule has 0 aromatic carbocycles. The van der Waals surface area contributed by atoms with Crippen LogP contribution in [-0.4, -0.2) is 48.2 Å². The number of ketones is 2. The van der Waals surface area contributed by atoms with E-state index in [2.05, 4.69) is 20.1 Å². The number of Topliss-reactive ketones (excluding diaryl/α,β-unsaturated/α-hetero) is 2. The number of ether oxygens (including phenoxy) is 1. The Kier molecular flexibility index (Phi) is 5.32. The third-order valence-corrected chi connectivity index (χ3v) is 5.02. The molecule has 0 spiro atoms. The number of aromatic amines is 1. The Morgan fingerprint density at radius 3 is 2.52 bits per heavy atom. The van der Waals surface area contributed by atoms with Crippen molar-refractivity contribution in [2.75, 3.05) is 0 Å². The molecule has 3 aromatic rings. The highest BCUT2D eigenvalue weighted by Crippen LogP contribution is 2.21. The van der Waals surface area contributed by atoms with Gasteiger partial charge in [-0.15, -0.1) is 0 Å². The third kappa shape index (κ3) is 3.67. The molecule has 152 valence electrons. The molecule has 0 aliphatic rings. The van der Waals surface area contributed by atoms with Gasteiger partial charge in [-0.1, -0.05) is 0 Å². The van der Waals surface area contributed by atoms with Crippen LogP contribution >= 0.6 is 0 Å². The van der Waals surface area contributed by atoms with Crippen molar-refractivity contribution in [3.05, 3.63) is 45.8 Å². The fraction of sp³-hybridized carbons (Fsp3) is 0.400. The monoisotopic (exact) mass is 397 g/mol. The molecule has 0 aliphatic heterocycles. The molecule has 1 N–H and O–H groups in total. The van der Waals surface area contributed by atoms with Crippen molar-refractivity contribution in [3.8, 4) is 0 Å². The highest BCUT2D eigenvalue weighted by Gasteiger charge is 2.26. The summed E-state index contributed by atoms with van der Waals surface area (Å²) in [5.74, 6) is -0.600. The maximum absolute atomic E-state index is 12.8. The minimum absolute atomic E-state index is 0.0421. The van der Waals surface area contributed by atoms with E-state index in [1.165, 1.54) is 20.2 Å². The largest absolute Gasteiger partial charge is 0.454 e. The third-order valence-electron chi connectivity index (χ3n) is 5.02. The molecule has 0 aliphatic carbocycles.